The fraction of sp³-hybridized carbons (Fsp3) is 0.222. The zero-order chi connectivity index (χ0) is 8.27. The van der Waals surface area contributed by atoms with Gasteiger partial charge in [-0.15, -0.1) is 0 Å². The molecule has 0 atom stereocenters. The Kier molecular flexibility index (Phi) is 2.12. The molecule has 0 unspecified atom stereocenters. The van der Waals surface area contributed by atoms with Gasteiger partial charge in [0.1, 0.15) is 0 Å². The Morgan fingerprint density at radius 2 is 2.18 bits per heavy atom. The highest BCUT2D eigenvalue weighted by Gasteiger charge is 1.92. The molecule has 0 saturated carbocycles. The molecule has 0 amide bonds. The third-order valence-electron chi connectivity index (χ3n) is 1.38. The van der Waals surface area contributed by atoms with Gasteiger partial charge in [-0.05, 0) is 25.3 Å². The van der Waals surface area contributed by atoms with Gasteiger partial charge in [-0.25, -0.2) is 0 Å². The highest BCUT2D eigenvalue weighted by molar-refractivity contribution is 5.33. The first-order chi connectivity index (χ1) is 5.24. The van der Waals surface area contributed by atoms with Crippen LogP contribution < -0.4 is 5.56 Å². The van der Waals surface area contributed by atoms with Gasteiger partial charge in [0, 0.05) is 6.07 Å². The first-order valence-electron chi connectivity index (χ1n) is 3.36. The normalized spacial score (nSPS) is 8.55. The van der Waals surface area contributed by atoms with Gasteiger partial charge in [0.2, 0.25) is 5.56 Å². The molecular weight excluding hydrogens is 138 g/mol. The van der Waals surface area contributed by atoms with Crippen molar-refractivity contribution in [3.8, 4) is 11.8 Å². The van der Waals surface area contributed by atoms with E-state index in [-0.39, 0.29) is 5.56 Å². The van der Waals surface area contributed by atoms with Crippen LogP contribution in [0.2, 0.25) is 0 Å². The van der Waals surface area contributed by atoms with Gasteiger partial charge in [-0.2, -0.15) is 0 Å². The lowest BCUT2D eigenvalue weighted by molar-refractivity contribution is 1.17. The van der Waals surface area contributed by atoms with E-state index >= 15 is 0 Å². The van der Waals surface area contributed by atoms with E-state index in [9.17, 15) is 4.79 Å². The molecule has 2 heteroatoms. The van der Waals surface area contributed by atoms with Crippen LogP contribution in [0.25, 0.3) is 0 Å². The fourth-order valence-corrected chi connectivity index (χ4v) is 0.802. The standard InChI is InChI=1S/C9H9NO/c1-3-4-8-7(2)5-6-9(11)10-8/h5-6H,1-2H3,(H,10,11). The van der Waals surface area contributed by atoms with Gasteiger partial charge in [0.25, 0.3) is 0 Å². The molecule has 0 saturated heterocycles. The highest BCUT2D eigenvalue weighted by Crippen LogP contribution is 1.97. The zero-order valence-corrected chi connectivity index (χ0v) is 6.56. The Bertz CT molecular complexity index is 365. The SMILES string of the molecule is CC#Cc1[nH]c(=O)ccc1C. The maximum absolute atomic E-state index is 10.8. The Morgan fingerprint density at radius 1 is 1.45 bits per heavy atom. The lowest BCUT2D eigenvalue weighted by atomic mass is 10.2. The maximum Gasteiger partial charge on any atom is 0.248 e. The average Bonchev–Trinajstić information content (AvgIpc) is 1.98. The number of aromatic nitrogens is 1. The first-order valence-corrected chi connectivity index (χ1v) is 3.36. The minimum Gasteiger partial charge on any atom is -0.315 e. The van der Waals surface area contributed by atoms with Crippen molar-refractivity contribution >= 4 is 0 Å². The molecule has 0 spiro atoms. The van der Waals surface area contributed by atoms with Gasteiger partial charge in [0.05, 0.1) is 5.69 Å². The average molecular weight is 147 g/mol. The van der Waals surface area contributed by atoms with Gasteiger partial charge in [0.15, 0.2) is 0 Å². The summed E-state index contributed by atoms with van der Waals surface area (Å²) < 4.78 is 0. The minimum absolute atomic E-state index is 0.103. The second-order valence-electron chi connectivity index (χ2n) is 2.26. The van der Waals surface area contributed by atoms with Crippen molar-refractivity contribution in [3.05, 3.63) is 33.7 Å². The number of aromatic amines is 1. The van der Waals surface area contributed by atoms with E-state index in [0.29, 0.717) is 5.69 Å². The van der Waals surface area contributed by atoms with Crippen LogP contribution in [0.3, 0.4) is 0 Å². The first kappa shape index (κ1) is 7.62. The molecule has 2 nitrogen and oxygen atoms in total. The summed E-state index contributed by atoms with van der Waals surface area (Å²) in [5, 5.41) is 0. The summed E-state index contributed by atoms with van der Waals surface area (Å²) in [5.41, 5.74) is 1.60. The number of hydrogen-bond donors (Lipinski definition) is 1. The molecule has 0 aromatic carbocycles. The van der Waals surface area contributed by atoms with Crippen LogP contribution in [0.4, 0.5) is 0 Å². The number of pyridine rings is 1. The molecule has 1 N–H and O–H groups in total. The van der Waals surface area contributed by atoms with E-state index in [1.54, 1.807) is 13.0 Å². The van der Waals surface area contributed by atoms with Crippen molar-refractivity contribution in [1.82, 2.24) is 4.98 Å². The van der Waals surface area contributed by atoms with Crippen LogP contribution in [-0.4, -0.2) is 4.98 Å². The van der Waals surface area contributed by atoms with E-state index in [4.69, 9.17) is 0 Å². The van der Waals surface area contributed by atoms with E-state index in [0.717, 1.165) is 5.56 Å². The number of rotatable bonds is 0. The van der Waals surface area contributed by atoms with Gasteiger partial charge in [-0.1, -0.05) is 12.0 Å². The summed E-state index contributed by atoms with van der Waals surface area (Å²) in [7, 11) is 0. The van der Waals surface area contributed by atoms with Crippen LogP contribution in [0, 0.1) is 18.8 Å². The predicted molar refractivity (Wildman–Crippen MR) is 44.4 cm³/mol. The third-order valence-corrected chi connectivity index (χ3v) is 1.38. The molecule has 0 aliphatic carbocycles. The van der Waals surface area contributed by atoms with E-state index < -0.39 is 0 Å². The number of H-pyrrole nitrogens is 1. The Hall–Kier alpha value is -1.49. The Balaban J connectivity index is 3.31. The zero-order valence-electron chi connectivity index (χ0n) is 6.56. The molecule has 0 fully saturated rings. The van der Waals surface area contributed by atoms with Gasteiger partial charge >= 0.3 is 0 Å². The largest absolute Gasteiger partial charge is 0.315 e. The molecular formula is C9H9NO. The summed E-state index contributed by atoms with van der Waals surface area (Å²) in [6.45, 7) is 3.65. The smallest absolute Gasteiger partial charge is 0.248 e. The van der Waals surface area contributed by atoms with Crippen molar-refractivity contribution < 1.29 is 0 Å². The summed E-state index contributed by atoms with van der Waals surface area (Å²) in [6.07, 6.45) is 0. The van der Waals surface area contributed by atoms with Crippen LogP contribution in [-0.2, 0) is 0 Å². The van der Waals surface area contributed by atoms with Crippen LogP contribution in [0.15, 0.2) is 16.9 Å². The second kappa shape index (κ2) is 3.07. The molecule has 56 valence electrons. The molecule has 1 aromatic rings. The van der Waals surface area contributed by atoms with Gasteiger partial charge in [-0.3, -0.25) is 4.79 Å². The quantitative estimate of drug-likeness (QED) is 0.547. The number of hydrogen-bond acceptors (Lipinski definition) is 1. The van der Waals surface area contributed by atoms with Gasteiger partial charge < -0.3 is 4.98 Å². The topological polar surface area (TPSA) is 32.9 Å². The maximum atomic E-state index is 10.8. The minimum atomic E-state index is -0.103. The summed E-state index contributed by atoms with van der Waals surface area (Å²) in [5.74, 6) is 5.54. The molecule has 1 heterocycles. The highest BCUT2D eigenvalue weighted by atomic mass is 16.1. The Morgan fingerprint density at radius 3 is 2.82 bits per heavy atom. The van der Waals surface area contributed by atoms with Crippen LogP contribution in [0.5, 0.6) is 0 Å². The Labute approximate surface area is 65.3 Å². The third kappa shape index (κ3) is 1.71. The van der Waals surface area contributed by atoms with Crippen LogP contribution in [0.1, 0.15) is 18.2 Å². The summed E-state index contributed by atoms with van der Waals surface area (Å²) in [6, 6.07) is 3.26. The van der Waals surface area contributed by atoms with E-state index in [1.165, 1.54) is 6.07 Å². The van der Waals surface area contributed by atoms with Crippen LogP contribution >= 0.6 is 0 Å². The summed E-state index contributed by atoms with van der Waals surface area (Å²) in [4.78, 5) is 13.4. The lowest BCUT2D eigenvalue weighted by Gasteiger charge is -1.94. The molecule has 11 heavy (non-hydrogen) atoms. The molecule has 1 rings (SSSR count). The van der Waals surface area contributed by atoms with Crippen molar-refractivity contribution in [2.45, 2.75) is 13.8 Å². The molecule has 0 aliphatic rings. The fourth-order valence-electron chi connectivity index (χ4n) is 0.802. The molecule has 0 radical (unpaired) electrons. The molecule has 1 aromatic heterocycles. The summed E-state index contributed by atoms with van der Waals surface area (Å²) >= 11 is 0. The van der Waals surface area contributed by atoms with Crippen molar-refractivity contribution in [2.24, 2.45) is 0 Å². The van der Waals surface area contributed by atoms with Crippen molar-refractivity contribution in [2.75, 3.05) is 0 Å². The molecule has 0 bridgehead atoms. The predicted octanol–water partition coefficient (Wildman–Crippen LogP) is 1.05. The van der Waals surface area contributed by atoms with E-state index in [2.05, 4.69) is 16.8 Å². The number of aryl methyl sites for hydroxylation is 1. The van der Waals surface area contributed by atoms with Crippen molar-refractivity contribution in [1.29, 1.82) is 0 Å². The lowest BCUT2D eigenvalue weighted by Crippen LogP contribution is -2.06. The molecule has 0 aliphatic heterocycles. The number of nitrogens with one attached hydrogen (secondary N) is 1. The second-order valence-corrected chi connectivity index (χ2v) is 2.26. The van der Waals surface area contributed by atoms with E-state index in [1.807, 2.05) is 6.92 Å². The monoisotopic (exact) mass is 147 g/mol. The van der Waals surface area contributed by atoms with Crippen molar-refractivity contribution in [3.63, 3.8) is 0 Å².